The Morgan fingerprint density at radius 2 is 2.16 bits per heavy atom. The third kappa shape index (κ3) is 3.93. The van der Waals surface area contributed by atoms with Gasteiger partial charge in [-0.15, -0.1) is 0 Å². The van der Waals surface area contributed by atoms with Gasteiger partial charge in [0.25, 0.3) is 0 Å². The number of aryl methyl sites for hydroxylation is 1. The van der Waals surface area contributed by atoms with Crippen molar-refractivity contribution >= 4 is 23.2 Å². The molecule has 1 atom stereocenters. The van der Waals surface area contributed by atoms with Crippen molar-refractivity contribution < 1.29 is 0 Å². The molecule has 102 valence electrons. The first-order valence-electron chi connectivity index (χ1n) is 6.09. The second-order valence-electron chi connectivity index (χ2n) is 4.43. The van der Waals surface area contributed by atoms with E-state index in [-0.39, 0.29) is 6.04 Å². The Labute approximate surface area is 122 Å². The molecule has 1 aromatic heterocycles. The molecular weight excluding hydrogens is 283 g/mol. The second-order valence-corrected chi connectivity index (χ2v) is 5.27. The summed E-state index contributed by atoms with van der Waals surface area (Å²) in [6, 6.07) is 5.72. The van der Waals surface area contributed by atoms with Crippen molar-refractivity contribution in [1.29, 1.82) is 0 Å². The van der Waals surface area contributed by atoms with Gasteiger partial charge in [-0.05, 0) is 24.6 Å². The zero-order valence-electron chi connectivity index (χ0n) is 10.9. The minimum atomic E-state index is 0.161. The van der Waals surface area contributed by atoms with Gasteiger partial charge in [0.05, 0.1) is 0 Å². The summed E-state index contributed by atoms with van der Waals surface area (Å²) in [4.78, 5) is 4.18. The van der Waals surface area contributed by atoms with Crippen LogP contribution in [0.4, 0.5) is 0 Å². The van der Waals surface area contributed by atoms with Crippen LogP contribution >= 0.6 is 23.2 Å². The Kier molecular flexibility index (Phi) is 4.80. The van der Waals surface area contributed by atoms with Crippen molar-refractivity contribution in [3.63, 3.8) is 0 Å². The number of benzene rings is 1. The maximum absolute atomic E-state index is 6.17. The number of nitrogens with one attached hydrogen (secondary N) is 1. The van der Waals surface area contributed by atoms with E-state index in [0.717, 1.165) is 24.4 Å². The van der Waals surface area contributed by atoms with E-state index in [2.05, 4.69) is 22.3 Å². The van der Waals surface area contributed by atoms with E-state index >= 15 is 0 Å². The molecule has 0 spiro atoms. The number of hydrogen-bond acceptors (Lipinski definition) is 3. The quantitative estimate of drug-likeness (QED) is 0.923. The fourth-order valence-corrected chi connectivity index (χ4v) is 2.43. The van der Waals surface area contributed by atoms with Crippen LogP contribution in [0, 0.1) is 0 Å². The zero-order valence-corrected chi connectivity index (χ0v) is 12.4. The zero-order chi connectivity index (χ0) is 13.8. The van der Waals surface area contributed by atoms with Crippen molar-refractivity contribution in [3.05, 3.63) is 46.0 Å². The molecule has 1 heterocycles. The van der Waals surface area contributed by atoms with E-state index in [4.69, 9.17) is 23.2 Å². The fourth-order valence-electron chi connectivity index (χ4n) is 1.86. The summed E-state index contributed by atoms with van der Waals surface area (Å²) in [6.07, 6.45) is 2.49. The van der Waals surface area contributed by atoms with Crippen LogP contribution in [0.15, 0.2) is 24.5 Å². The summed E-state index contributed by atoms with van der Waals surface area (Å²) in [5.74, 6) is 0.837. The van der Waals surface area contributed by atoms with Gasteiger partial charge in [0.1, 0.15) is 6.33 Å². The van der Waals surface area contributed by atoms with Crippen molar-refractivity contribution in [3.8, 4) is 0 Å². The molecule has 2 rings (SSSR count). The normalized spacial score (nSPS) is 12.6. The highest BCUT2D eigenvalue weighted by Gasteiger charge is 2.09. The predicted molar refractivity (Wildman–Crippen MR) is 77.6 cm³/mol. The van der Waals surface area contributed by atoms with Gasteiger partial charge >= 0.3 is 0 Å². The van der Waals surface area contributed by atoms with E-state index in [0.29, 0.717) is 10.0 Å². The van der Waals surface area contributed by atoms with Crippen molar-refractivity contribution in [2.45, 2.75) is 19.4 Å². The lowest BCUT2D eigenvalue weighted by Crippen LogP contribution is -2.22. The highest BCUT2D eigenvalue weighted by molar-refractivity contribution is 6.35. The standard InChI is InChI=1S/C13H16Cl2N4/c1-9(11-4-3-10(14)7-12(11)15)16-6-5-13-17-8-19(2)18-13/h3-4,7-9,16H,5-6H2,1-2H3. The third-order valence-electron chi connectivity index (χ3n) is 2.88. The first-order valence-corrected chi connectivity index (χ1v) is 6.84. The minimum Gasteiger partial charge on any atom is -0.310 e. The first-order chi connectivity index (χ1) is 9.06. The Balaban J connectivity index is 1.88. The van der Waals surface area contributed by atoms with Crippen molar-refractivity contribution in [2.75, 3.05) is 6.54 Å². The number of rotatable bonds is 5. The highest BCUT2D eigenvalue weighted by atomic mass is 35.5. The van der Waals surface area contributed by atoms with Crippen LogP contribution in [0.5, 0.6) is 0 Å². The molecule has 0 saturated heterocycles. The summed E-state index contributed by atoms with van der Waals surface area (Å²) >= 11 is 12.1. The molecule has 4 nitrogen and oxygen atoms in total. The van der Waals surface area contributed by atoms with Crippen LogP contribution in [-0.2, 0) is 13.5 Å². The number of hydrogen-bond donors (Lipinski definition) is 1. The highest BCUT2D eigenvalue weighted by Crippen LogP contribution is 2.25. The number of halogens is 2. The SMILES string of the molecule is CC(NCCc1ncn(C)n1)c1ccc(Cl)cc1Cl. The van der Waals surface area contributed by atoms with Gasteiger partial charge < -0.3 is 5.32 Å². The first kappa shape index (κ1) is 14.3. The maximum atomic E-state index is 6.17. The van der Waals surface area contributed by atoms with Crippen LogP contribution in [0.2, 0.25) is 10.0 Å². The summed E-state index contributed by atoms with van der Waals surface area (Å²) in [5.41, 5.74) is 1.04. The molecule has 0 aliphatic rings. The smallest absolute Gasteiger partial charge is 0.151 e. The fraction of sp³-hybridized carbons (Fsp3) is 0.385. The summed E-state index contributed by atoms with van der Waals surface area (Å²) in [5, 5.41) is 8.97. The van der Waals surface area contributed by atoms with Crippen LogP contribution in [0.3, 0.4) is 0 Å². The summed E-state index contributed by atoms with van der Waals surface area (Å²) in [7, 11) is 1.86. The van der Waals surface area contributed by atoms with E-state index in [9.17, 15) is 0 Å². The van der Waals surface area contributed by atoms with E-state index in [1.165, 1.54) is 0 Å². The molecule has 0 fully saturated rings. The van der Waals surface area contributed by atoms with E-state index in [1.807, 2.05) is 19.2 Å². The van der Waals surface area contributed by atoms with Gasteiger partial charge in [0.15, 0.2) is 5.82 Å². The molecule has 0 aliphatic heterocycles. The number of nitrogens with zero attached hydrogens (tertiary/aromatic N) is 3. The summed E-state index contributed by atoms with van der Waals surface area (Å²) < 4.78 is 1.70. The monoisotopic (exact) mass is 298 g/mol. The molecule has 0 aliphatic carbocycles. The van der Waals surface area contributed by atoms with Crippen LogP contribution in [-0.4, -0.2) is 21.3 Å². The molecule has 1 aromatic carbocycles. The molecule has 0 saturated carbocycles. The summed E-state index contributed by atoms with van der Waals surface area (Å²) in [6.45, 7) is 2.87. The lowest BCUT2D eigenvalue weighted by Gasteiger charge is -2.15. The van der Waals surface area contributed by atoms with Crippen LogP contribution in [0.25, 0.3) is 0 Å². The van der Waals surface area contributed by atoms with Gasteiger partial charge in [0, 0.05) is 36.1 Å². The Morgan fingerprint density at radius 1 is 1.37 bits per heavy atom. The molecule has 0 radical (unpaired) electrons. The third-order valence-corrected chi connectivity index (χ3v) is 3.44. The Hall–Kier alpha value is -1.10. The average molecular weight is 299 g/mol. The van der Waals surface area contributed by atoms with Crippen molar-refractivity contribution in [2.24, 2.45) is 7.05 Å². The van der Waals surface area contributed by atoms with Crippen LogP contribution < -0.4 is 5.32 Å². The Bertz CT molecular complexity index is 553. The average Bonchev–Trinajstić information content (AvgIpc) is 2.75. The van der Waals surface area contributed by atoms with Crippen molar-refractivity contribution in [1.82, 2.24) is 20.1 Å². The molecule has 2 aromatic rings. The second kappa shape index (κ2) is 6.37. The lowest BCUT2D eigenvalue weighted by atomic mass is 10.1. The molecule has 19 heavy (non-hydrogen) atoms. The van der Waals surface area contributed by atoms with Gasteiger partial charge in [-0.1, -0.05) is 29.3 Å². The van der Waals surface area contributed by atoms with Crippen LogP contribution in [0.1, 0.15) is 24.4 Å². The van der Waals surface area contributed by atoms with Gasteiger partial charge in [-0.25, -0.2) is 4.98 Å². The Morgan fingerprint density at radius 3 is 2.79 bits per heavy atom. The molecule has 1 unspecified atom stereocenters. The molecule has 1 N–H and O–H groups in total. The molecular formula is C13H16Cl2N4. The maximum Gasteiger partial charge on any atom is 0.151 e. The molecule has 0 amide bonds. The van der Waals surface area contributed by atoms with Gasteiger partial charge in [0.2, 0.25) is 0 Å². The number of aromatic nitrogens is 3. The van der Waals surface area contributed by atoms with E-state index < -0.39 is 0 Å². The largest absolute Gasteiger partial charge is 0.310 e. The topological polar surface area (TPSA) is 42.7 Å². The van der Waals surface area contributed by atoms with Gasteiger partial charge in [-0.3, -0.25) is 4.68 Å². The molecule has 6 heteroatoms. The van der Waals surface area contributed by atoms with E-state index in [1.54, 1.807) is 17.1 Å². The predicted octanol–water partition coefficient (Wildman–Crippen LogP) is 3.02. The molecule has 0 bridgehead atoms. The minimum absolute atomic E-state index is 0.161. The lowest BCUT2D eigenvalue weighted by molar-refractivity contribution is 0.568. The van der Waals surface area contributed by atoms with Gasteiger partial charge in [-0.2, -0.15) is 5.10 Å².